The molecule has 1 aromatic heterocycles. The lowest BCUT2D eigenvalue weighted by atomic mass is 10.3. The number of H-pyrrole nitrogens is 1. The molecule has 0 unspecified atom stereocenters. The molecule has 0 bridgehead atoms. The van der Waals surface area contributed by atoms with E-state index in [1.54, 1.807) is 0 Å². The monoisotopic (exact) mass is 194 g/mol. The third kappa shape index (κ3) is 1.86. The summed E-state index contributed by atoms with van der Waals surface area (Å²) in [5, 5.41) is 12.5. The second kappa shape index (κ2) is 3.32. The molecule has 5 nitrogen and oxygen atoms in total. The molecule has 1 aliphatic carbocycles. The molecule has 0 atom stereocenters. The Labute approximate surface area is 82.3 Å². The van der Waals surface area contributed by atoms with Crippen molar-refractivity contribution < 1.29 is 4.79 Å². The fourth-order valence-electron chi connectivity index (χ4n) is 1.30. The maximum absolute atomic E-state index is 11.4. The molecular weight excluding hydrogens is 180 g/mol. The Hall–Kier alpha value is -1.52. The Morgan fingerprint density at radius 3 is 2.71 bits per heavy atom. The average Bonchev–Trinajstić information content (AvgIpc) is 2.88. The summed E-state index contributed by atoms with van der Waals surface area (Å²) in [6, 6.07) is 0.239. The molecule has 1 saturated carbocycles. The molecule has 0 saturated heterocycles. The highest BCUT2D eigenvalue weighted by molar-refractivity contribution is 5.90. The topological polar surface area (TPSA) is 69.8 Å². The molecule has 0 aromatic carbocycles. The van der Waals surface area contributed by atoms with E-state index in [0.29, 0.717) is 6.04 Å². The minimum Gasteiger partial charge on any atom is -0.335 e. The molecule has 2 amide bonds. The van der Waals surface area contributed by atoms with E-state index in [2.05, 4.69) is 20.8 Å². The van der Waals surface area contributed by atoms with E-state index >= 15 is 0 Å². The van der Waals surface area contributed by atoms with Gasteiger partial charge < -0.3 is 10.6 Å². The highest BCUT2D eigenvalue weighted by Crippen LogP contribution is 2.20. The number of aromatic amines is 1. The standard InChI is InChI=1S/C9H14N4O/c1-5-8(6(2)13-12-5)11-9(14)10-7-3-4-7/h7H,3-4H2,1-2H3,(H,12,13)(H2,10,11,14). The van der Waals surface area contributed by atoms with Crippen LogP contribution in [0.2, 0.25) is 0 Å². The first-order valence-corrected chi connectivity index (χ1v) is 4.76. The normalized spacial score (nSPS) is 15.3. The van der Waals surface area contributed by atoms with E-state index < -0.39 is 0 Å². The predicted molar refractivity (Wildman–Crippen MR) is 53.2 cm³/mol. The molecule has 76 valence electrons. The number of hydrogen-bond donors (Lipinski definition) is 3. The molecule has 14 heavy (non-hydrogen) atoms. The first-order valence-electron chi connectivity index (χ1n) is 4.76. The Balaban J connectivity index is 1.98. The van der Waals surface area contributed by atoms with E-state index in [-0.39, 0.29) is 6.03 Å². The number of aryl methyl sites for hydroxylation is 2. The van der Waals surface area contributed by atoms with Crippen molar-refractivity contribution in [2.75, 3.05) is 5.32 Å². The summed E-state index contributed by atoms with van der Waals surface area (Å²) in [5.41, 5.74) is 2.48. The Kier molecular flexibility index (Phi) is 2.15. The van der Waals surface area contributed by atoms with Crippen molar-refractivity contribution in [2.45, 2.75) is 32.7 Å². The van der Waals surface area contributed by atoms with Gasteiger partial charge in [-0.05, 0) is 26.7 Å². The zero-order valence-electron chi connectivity index (χ0n) is 8.35. The van der Waals surface area contributed by atoms with Crippen molar-refractivity contribution in [2.24, 2.45) is 0 Å². The molecular formula is C9H14N4O. The van der Waals surface area contributed by atoms with Crippen molar-refractivity contribution in [3.05, 3.63) is 11.4 Å². The summed E-state index contributed by atoms with van der Waals surface area (Å²) < 4.78 is 0. The van der Waals surface area contributed by atoms with Gasteiger partial charge in [-0.15, -0.1) is 0 Å². The van der Waals surface area contributed by atoms with Gasteiger partial charge in [0, 0.05) is 6.04 Å². The largest absolute Gasteiger partial charge is 0.335 e. The summed E-state index contributed by atoms with van der Waals surface area (Å²) in [7, 11) is 0. The van der Waals surface area contributed by atoms with Crippen LogP contribution in [-0.4, -0.2) is 22.3 Å². The Morgan fingerprint density at radius 1 is 1.50 bits per heavy atom. The number of nitrogens with one attached hydrogen (secondary N) is 3. The van der Waals surface area contributed by atoms with Crippen LogP contribution in [0.5, 0.6) is 0 Å². The van der Waals surface area contributed by atoms with Gasteiger partial charge in [-0.2, -0.15) is 5.10 Å². The molecule has 1 aliphatic rings. The van der Waals surface area contributed by atoms with Gasteiger partial charge in [0.15, 0.2) is 0 Å². The number of urea groups is 1. The quantitative estimate of drug-likeness (QED) is 0.664. The van der Waals surface area contributed by atoms with Crippen molar-refractivity contribution in [1.82, 2.24) is 15.5 Å². The van der Waals surface area contributed by atoms with Crippen LogP contribution in [0.1, 0.15) is 24.2 Å². The first kappa shape index (κ1) is 9.05. The second-order valence-corrected chi connectivity index (χ2v) is 3.68. The Morgan fingerprint density at radius 2 is 2.21 bits per heavy atom. The fraction of sp³-hybridized carbons (Fsp3) is 0.556. The van der Waals surface area contributed by atoms with Gasteiger partial charge in [0.25, 0.3) is 0 Å². The summed E-state index contributed by atoms with van der Waals surface area (Å²) in [4.78, 5) is 11.4. The molecule has 0 aliphatic heterocycles. The molecule has 0 radical (unpaired) electrons. The third-order valence-corrected chi connectivity index (χ3v) is 2.28. The zero-order chi connectivity index (χ0) is 10.1. The van der Waals surface area contributed by atoms with Crippen molar-refractivity contribution in [3.63, 3.8) is 0 Å². The minimum absolute atomic E-state index is 0.139. The predicted octanol–water partition coefficient (Wildman–Crippen LogP) is 1.31. The number of carbonyl (C=O) groups excluding carboxylic acids is 1. The Bertz CT molecular complexity index is 334. The highest BCUT2D eigenvalue weighted by atomic mass is 16.2. The maximum Gasteiger partial charge on any atom is 0.319 e. The van der Waals surface area contributed by atoms with Crippen LogP contribution in [-0.2, 0) is 0 Å². The van der Waals surface area contributed by atoms with Crippen molar-refractivity contribution in [1.29, 1.82) is 0 Å². The smallest absolute Gasteiger partial charge is 0.319 e. The van der Waals surface area contributed by atoms with Crippen LogP contribution < -0.4 is 10.6 Å². The molecule has 1 aromatic rings. The minimum atomic E-state index is -0.139. The van der Waals surface area contributed by atoms with Gasteiger partial charge in [0.05, 0.1) is 17.1 Å². The number of carbonyl (C=O) groups is 1. The maximum atomic E-state index is 11.4. The highest BCUT2D eigenvalue weighted by Gasteiger charge is 2.23. The van der Waals surface area contributed by atoms with Crippen molar-refractivity contribution >= 4 is 11.7 Å². The van der Waals surface area contributed by atoms with E-state index in [9.17, 15) is 4.79 Å². The first-order chi connectivity index (χ1) is 6.66. The molecule has 3 N–H and O–H groups in total. The van der Waals surface area contributed by atoms with Crippen LogP contribution in [0.4, 0.5) is 10.5 Å². The fourth-order valence-corrected chi connectivity index (χ4v) is 1.30. The van der Waals surface area contributed by atoms with Crippen molar-refractivity contribution in [3.8, 4) is 0 Å². The van der Waals surface area contributed by atoms with Gasteiger partial charge >= 0.3 is 6.03 Å². The SMILES string of the molecule is Cc1n[nH]c(C)c1NC(=O)NC1CC1. The number of aromatic nitrogens is 2. The van der Waals surface area contributed by atoms with Gasteiger partial charge in [0.1, 0.15) is 0 Å². The van der Waals surface area contributed by atoms with Crippen LogP contribution in [0.3, 0.4) is 0 Å². The van der Waals surface area contributed by atoms with Gasteiger partial charge in [0.2, 0.25) is 0 Å². The molecule has 1 fully saturated rings. The van der Waals surface area contributed by atoms with E-state index in [0.717, 1.165) is 29.9 Å². The number of hydrogen-bond acceptors (Lipinski definition) is 2. The summed E-state index contributed by atoms with van der Waals surface area (Å²) in [6.45, 7) is 3.74. The molecule has 2 rings (SSSR count). The van der Waals surface area contributed by atoms with Gasteiger partial charge in [-0.25, -0.2) is 4.79 Å². The van der Waals surface area contributed by atoms with E-state index in [1.165, 1.54) is 0 Å². The van der Waals surface area contributed by atoms with Gasteiger partial charge in [-0.3, -0.25) is 5.10 Å². The average molecular weight is 194 g/mol. The van der Waals surface area contributed by atoms with E-state index in [4.69, 9.17) is 0 Å². The van der Waals surface area contributed by atoms with E-state index in [1.807, 2.05) is 13.8 Å². The van der Waals surface area contributed by atoms with Crippen LogP contribution >= 0.6 is 0 Å². The summed E-state index contributed by atoms with van der Waals surface area (Å²) >= 11 is 0. The molecule has 1 heterocycles. The molecule has 5 heteroatoms. The lowest BCUT2D eigenvalue weighted by Crippen LogP contribution is -2.30. The van der Waals surface area contributed by atoms with Crippen LogP contribution in [0, 0.1) is 13.8 Å². The number of nitrogens with zero attached hydrogens (tertiary/aromatic N) is 1. The van der Waals surface area contributed by atoms with Crippen LogP contribution in [0.25, 0.3) is 0 Å². The number of amides is 2. The molecule has 0 spiro atoms. The lowest BCUT2D eigenvalue weighted by molar-refractivity contribution is 0.251. The summed E-state index contributed by atoms with van der Waals surface area (Å²) in [6.07, 6.45) is 2.19. The third-order valence-electron chi connectivity index (χ3n) is 2.28. The second-order valence-electron chi connectivity index (χ2n) is 3.68. The van der Waals surface area contributed by atoms with Crippen LogP contribution in [0.15, 0.2) is 0 Å². The number of anilines is 1. The van der Waals surface area contributed by atoms with Gasteiger partial charge in [-0.1, -0.05) is 0 Å². The lowest BCUT2D eigenvalue weighted by Gasteiger charge is -2.05. The number of rotatable bonds is 2. The zero-order valence-corrected chi connectivity index (χ0v) is 8.35. The summed E-state index contributed by atoms with van der Waals surface area (Å²) in [5.74, 6) is 0.